The van der Waals surface area contributed by atoms with Gasteiger partial charge in [-0.1, -0.05) is 69.4 Å². The number of likely N-dealkylation sites (tertiary alicyclic amines) is 1. The summed E-state index contributed by atoms with van der Waals surface area (Å²) in [6.07, 6.45) is 10.5. The second-order valence-electron chi connectivity index (χ2n) is 8.74. The monoisotopic (exact) mass is 446 g/mol. The number of ether oxygens (including phenoxy) is 2. The Bertz CT molecular complexity index is 632. The summed E-state index contributed by atoms with van der Waals surface area (Å²) in [5.74, 6) is -0.250. The summed E-state index contributed by atoms with van der Waals surface area (Å²) in [7, 11) is 0. The van der Waals surface area contributed by atoms with Gasteiger partial charge in [-0.2, -0.15) is 0 Å². The van der Waals surface area contributed by atoms with Crippen molar-refractivity contribution < 1.29 is 19.1 Å². The molecule has 1 amide bonds. The van der Waals surface area contributed by atoms with E-state index in [1.54, 1.807) is 0 Å². The molecule has 0 spiro atoms. The molecule has 1 heterocycles. The Morgan fingerprint density at radius 2 is 1.72 bits per heavy atom. The van der Waals surface area contributed by atoms with E-state index in [2.05, 4.69) is 17.1 Å². The Morgan fingerprint density at radius 1 is 1.00 bits per heavy atom. The van der Waals surface area contributed by atoms with E-state index in [0.717, 1.165) is 44.5 Å². The van der Waals surface area contributed by atoms with E-state index in [-0.39, 0.29) is 31.2 Å². The van der Waals surface area contributed by atoms with Crippen molar-refractivity contribution in [3.63, 3.8) is 0 Å². The molecule has 1 aliphatic heterocycles. The van der Waals surface area contributed by atoms with Crippen LogP contribution in [0.4, 0.5) is 4.79 Å². The zero-order valence-electron chi connectivity index (χ0n) is 19.9. The number of unbranched alkanes of at least 4 members (excludes halogenated alkanes) is 5. The third-order valence-electron chi connectivity index (χ3n) is 5.96. The number of hydrogen-bond acceptors (Lipinski definition) is 5. The van der Waals surface area contributed by atoms with E-state index in [1.165, 1.54) is 38.5 Å². The first-order chi connectivity index (χ1) is 15.7. The van der Waals surface area contributed by atoms with Crippen LogP contribution >= 0.6 is 0 Å². The van der Waals surface area contributed by atoms with Crippen molar-refractivity contribution in [2.45, 2.75) is 90.3 Å². The maximum atomic E-state index is 12.3. The van der Waals surface area contributed by atoms with Crippen LogP contribution in [0.25, 0.3) is 0 Å². The third kappa shape index (κ3) is 12.1. The normalized spacial score (nSPS) is 14.8. The Kier molecular flexibility index (Phi) is 13.5. The van der Waals surface area contributed by atoms with Crippen LogP contribution in [0.1, 0.15) is 83.1 Å². The zero-order chi connectivity index (χ0) is 22.9. The number of alkyl carbamates (subject to hydrolysis) is 1. The molecule has 32 heavy (non-hydrogen) atoms. The summed E-state index contributed by atoms with van der Waals surface area (Å²) < 4.78 is 11.1. The Hall–Kier alpha value is -2.08. The fourth-order valence-corrected chi connectivity index (χ4v) is 4.02. The number of amides is 1. The molecule has 1 atom stereocenters. The highest BCUT2D eigenvalue weighted by molar-refractivity contribution is 5.70. The van der Waals surface area contributed by atoms with Gasteiger partial charge in [0.15, 0.2) is 0 Å². The lowest BCUT2D eigenvalue weighted by molar-refractivity contribution is -0.145. The first kappa shape index (κ1) is 26.2. The van der Waals surface area contributed by atoms with Crippen molar-refractivity contribution in [3.8, 4) is 0 Å². The molecule has 2 rings (SSSR count). The van der Waals surface area contributed by atoms with Crippen LogP contribution in [-0.2, 0) is 20.9 Å². The molecule has 0 saturated carbocycles. The summed E-state index contributed by atoms with van der Waals surface area (Å²) in [6.45, 7) is 6.18. The molecule has 0 bridgehead atoms. The van der Waals surface area contributed by atoms with Crippen molar-refractivity contribution in [2.24, 2.45) is 0 Å². The van der Waals surface area contributed by atoms with Gasteiger partial charge in [-0.15, -0.1) is 0 Å². The van der Waals surface area contributed by atoms with Crippen LogP contribution in [0.3, 0.4) is 0 Å². The minimum atomic E-state index is -0.377. The molecular weight excluding hydrogens is 404 g/mol. The highest BCUT2D eigenvalue weighted by Gasteiger charge is 2.17. The minimum absolute atomic E-state index is 0.250. The molecule has 6 heteroatoms. The number of nitrogens with one attached hydrogen (secondary N) is 1. The van der Waals surface area contributed by atoms with Crippen LogP contribution < -0.4 is 5.32 Å². The van der Waals surface area contributed by atoms with Gasteiger partial charge >= 0.3 is 12.1 Å². The first-order valence-corrected chi connectivity index (χ1v) is 12.5. The Labute approximate surface area is 194 Å². The fraction of sp³-hybridized carbons (Fsp3) is 0.692. The number of nitrogens with zero attached hydrogens (tertiary/aromatic N) is 1. The largest absolute Gasteiger partial charge is 0.461 e. The number of benzene rings is 1. The predicted molar refractivity (Wildman–Crippen MR) is 127 cm³/mol. The molecule has 180 valence electrons. The minimum Gasteiger partial charge on any atom is -0.461 e. The van der Waals surface area contributed by atoms with Gasteiger partial charge < -0.3 is 19.7 Å². The van der Waals surface area contributed by atoms with E-state index in [9.17, 15) is 9.59 Å². The average Bonchev–Trinajstić information content (AvgIpc) is 3.32. The van der Waals surface area contributed by atoms with Crippen molar-refractivity contribution >= 4 is 12.1 Å². The van der Waals surface area contributed by atoms with Crippen LogP contribution in [0.2, 0.25) is 0 Å². The van der Waals surface area contributed by atoms with Crippen LogP contribution in [0, 0.1) is 0 Å². The molecule has 0 aliphatic carbocycles. The summed E-state index contributed by atoms with van der Waals surface area (Å²) in [5, 5.41) is 2.87. The maximum Gasteiger partial charge on any atom is 0.407 e. The molecule has 1 aliphatic rings. The average molecular weight is 447 g/mol. The number of hydrogen-bond donors (Lipinski definition) is 1. The lowest BCUT2D eigenvalue weighted by Gasteiger charge is -2.19. The Balaban J connectivity index is 1.69. The third-order valence-corrected chi connectivity index (χ3v) is 5.96. The lowest BCUT2D eigenvalue weighted by Crippen LogP contribution is -2.35. The van der Waals surface area contributed by atoms with E-state index in [4.69, 9.17) is 9.47 Å². The second-order valence-corrected chi connectivity index (χ2v) is 8.74. The van der Waals surface area contributed by atoms with Crippen LogP contribution in [0.15, 0.2) is 30.3 Å². The van der Waals surface area contributed by atoms with Gasteiger partial charge in [-0.05, 0) is 50.8 Å². The quantitative estimate of drug-likeness (QED) is 0.270. The van der Waals surface area contributed by atoms with E-state index < -0.39 is 0 Å². The maximum absolute atomic E-state index is 12.3. The van der Waals surface area contributed by atoms with E-state index >= 15 is 0 Å². The number of carbonyl (C=O) groups is 2. The van der Waals surface area contributed by atoms with Crippen molar-refractivity contribution in [3.05, 3.63) is 35.9 Å². The number of carbonyl (C=O) groups excluding carboxylic acids is 2. The molecule has 1 aromatic carbocycles. The molecule has 0 radical (unpaired) electrons. The molecule has 0 aromatic heterocycles. The summed E-state index contributed by atoms with van der Waals surface area (Å²) in [5.41, 5.74) is 0.970. The second kappa shape index (κ2) is 16.5. The van der Waals surface area contributed by atoms with Crippen molar-refractivity contribution in [2.75, 3.05) is 26.2 Å². The SMILES string of the molecule is CCCCCCCCC(CCC(=O)OCc1ccccc1)OC(=O)NCCN1CCCC1. The highest BCUT2D eigenvalue weighted by Crippen LogP contribution is 2.15. The van der Waals surface area contributed by atoms with Gasteiger partial charge in [0.2, 0.25) is 0 Å². The van der Waals surface area contributed by atoms with E-state index in [1.807, 2.05) is 30.3 Å². The standard InChI is InChI=1S/C26H42N2O4/c1-2-3-4-5-6-10-15-24(32-26(30)27-18-21-28-19-11-12-20-28)16-17-25(29)31-22-23-13-8-7-9-14-23/h7-9,13-14,24H,2-6,10-12,15-22H2,1H3,(H,27,30). The number of esters is 1. The van der Waals surface area contributed by atoms with Crippen LogP contribution in [-0.4, -0.2) is 49.2 Å². The molecular formula is C26H42N2O4. The van der Waals surface area contributed by atoms with Crippen molar-refractivity contribution in [1.29, 1.82) is 0 Å². The van der Waals surface area contributed by atoms with Crippen LogP contribution in [0.5, 0.6) is 0 Å². The topological polar surface area (TPSA) is 67.9 Å². The molecule has 6 nitrogen and oxygen atoms in total. The van der Waals surface area contributed by atoms with Crippen molar-refractivity contribution in [1.82, 2.24) is 10.2 Å². The summed E-state index contributed by atoms with van der Waals surface area (Å²) >= 11 is 0. The van der Waals surface area contributed by atoms with Gasteiger partial charge in [0.1, 0.15) is 12.7 Å². The summed E-state index contributed by atoms with van der Waals surface area (Å²) in [4.78, 5) is 26.8. The van der Waals surface area contributed by atoms with Gasteiger partial charge in [0.25, 0.3) is 0 Å². The number of rotatable bonds is 16. The zero-order valence-corrected chi connectivity index (χ0v) is 19.9. The lowest BCUT2D eigenvalue weighted by atomic mass is 10.0. The van der Waals surface area contributed by atoms with Gasteiger partial charge in [-0.25, -0.2) is 4.79 Å². The molecule has 1 unspecified atom stereocenters. The Morgan fingerprint density at radius 3 is 2.47 bits per heavy atom. The van der Waals surface area contributed by atoms with Gasteiger partial charge in [0.05, 0.1) is 0 Å². The molecule has 1 N–H and O–H groups in total. The first-order valence-electron chi connectivity index (χ1n) is 12.5. The predicted octanol–water partition coefficient (Wildman–Crippen LogP) is 5.45. The smallest absolute Gasteiger partial charge is 0.407 e. The fourth-order valence-electron chi connectivity index (χ4n) is 4.02. The summed E-state index contributed by atoms with van der Waals surface area (Å²) in [6, 6.07) is 9.66. The molecule has 1 fully saturated rings. The highest BCUT2D eigenvalue weighted by atomic mass is 16.6. The molecule has 1 saturated heterocycles. The molecule has 1 aromatic rings. The van der Waals surface area contributed by atoms with Gasteiger partial charge in [0, 0.05) is 19.5 Å². The van der Waals surface area contributed by atoms with E-state index in [0.29, 0.717) is 13.0 Å². The van der Waals surface area contributed by atoms with Gasteiger partial charge in [-0.3, -0.25) is 4.79 Å².